The Hall–Kier alpha value is -3.36. The maximum Gasteiger partial charge on any atom is 0.268 e. The van der Waals surface area contributed by atoms with Gasteiger partial charge in [-0.05, 0) is 36.8 Å². The first-order chi connectivity index (χ1) is 16.0. The standard InChI is InChI=1S/C24H21ClN4O3S/c1-14-16-11-21(33-24(16)29(27-14)12-15-7-3-4-8-17(15)25)23(31)28-13-20(22(30)26-2)32-19-10-6-5-9-18(19)28/h3-11,20H,12-13H2,1-2H3,(H,26,30). The molecule has 2 aromatic carbocycles. The van der Waals surface area contributed by atoms with Gasteiger partial charge in [0.2, 0.25) is 0 Å². The monoisotopic (exact) mass is 480 g/mol. The minimum atomic E-state index is -0.777. The van der Waals surface area contributed by atoms with Crippen LogP contribution in [0.5, 0.6) is 5.75 Å². The number of rotatable bonds is 4. The van der Waals surface area contributed by atoms with Crippen molar-refractivity contribution in [3.8, 4) is 5.75 Å². The van der Waals surface area contributed by atoms with Crippen LogP contribution >= 0.6 is 22.9 Å². The fourth-order valence-corrected chi connectivity index (χ4v) is 5.28. The molecule has 9 heteroatoms. The minimum absolute atomic E-state index is 0.133. The Kier molecular flexibility index (Phi) is 5.55. The highest BCUT2D eigenvalue weighted by Gasteiger charge is 2.34. The van der Waals surface area contributed by atoms with E-state index in [9.17, 15) is 9.59 Å². The number of nitrogens with one attached hydrogen (secondary N) is 1. The second-order valence-corrected chi connectivity index (χ2v) is 9.21. The molecular formula is C24H21ClN4O3S. The summed E-state index contributed by atoms with van der Waals surface area (Å²) in [6, 6.07) is 16.8. The SMILES string of the molecule is CNC(=O)C1CN(C(=O)c2cc3c(C)nn(Cc4ccccc4Cl)c3s2)c2ccccc2O1. The van der Waals surface area contributed by atoms with Gasteiger partial charge in [-0.25, -0.2) is 0 Å². The Bertz CT molecular complexity index is 1380. The van der Waals surface area contributed by atoms with Gasteiger partial charge in [0.25, 0.3) is 11.8 Å². The van der Waals surface area contributed by atoms with Crippen LogP contribution < -0.4 is 15.0 Å². The van der Waals surface area contributed by atoms with E-state index < -0.39 is 6.10 Å². The Balaban J connectivity index is 1.51. The number of aromatic nitrogens is 2. The number of hydrogen-bond acceptors (Lipinski definition) is 5. The van der Waals surface area contributed by atoms with Gasteiger partial charge in [0.1, 0.15) is 10.6 Å². The lowest BCUT2D eigenvalue weighted by molar-refractivity contribution is -0.127. The molecule has 1 aliphatic heterocycles. The molecule has 2 aromatic heterocycles. The number of para-hydroxylation sites is 2. The molecule has 1 N–H and O–H groups in total. The topological polar surface area (TPSA) is 76.5 Å². The van der Waals surface area contributed by atoms with Crippen molar-refractivity contribution in [2.24, 2.45) is 0 Å². The Labute approximate surface area is 199 Å². The van der Waals surface area contributed by atoms with Crippen LogP contribution in [0.3, 0.4) is 0 Å². The number of hydrogen-bond donors (Lipinski definition) is 1. The molecule has 33 heavy (non-hydrogen) atoms. The van der Waals surface area contributed by atoms with Crippen molar-refractivity contribution in [3.05, 3.63) is 75.8 Å². The normalized spacial score (nSPS) is 15.2. The molecule has 7 nitrogen and oxygen atoms in total. The molecule has 0 saturated heterocycles. The number of fused-ring (bicyclic) bond motifs is 2. The van der Waals surface area contributed by atoms with E-state index in [-0.39, 0.29) is 18.4 Å². The van der Waals surface area contributed by atoms with Gasteiger partial charge >= 0.3 is 0 Å². The molecule has 5 rings (SSSR count). The van der Waals surface area contributed by atoms with E-state index in [4.69, 9.17) is 16.3 Å². The summed E-state index contributed by atoms with van der Waals surface area (Å²) in [4.78, 5) is 29.0. The molecule has 0 saturated carbocycles. The zero-order chi connectivity index (χ0) is 23.1. The Morgan fingerprint density at radius 2 is 1.97 bits per heavy atom. The third-order valence-corrected chi connectivity index (χ3v) is 7.16. The molecule has 2 amide bonds. The second kappa shape index (κ2) is 8.53. The molecule has 1 atom stereocenters. The highest BCUT2D eigenvalue weighted by Crippen LogP contribution is 2.36. The number of aryl methyl sites for hydroxylation is 1. The smallest absolute Gasteiger partial charge is 0.268 e. The van der Waals surface area contributed by atoms with E-state index in [2.05, 4.69) is 10.4 Å². The van der Waals surface area contributed by atoms with Crippen LogP contribution in [0.25, 0.3) is 10.2 Å². The van der Waals surface area contributed by atoms with Crippen LogP contribution in [0.15, 0.2) is 54.6 Å². The van der Waals surface area contributed by atoms with Crippen molar-refractivity contribution >= 4 is 50.7 Å². The number of ether oxygens (including phenoxy) is 1. The van der Waals surface area contributed by atoms with Crippen molar-refractivity contribution in [2.45, 2.75) is 19.6 Å². The lowest BCUT2D eigenvalue weighted by Gasteiger charge is -2.33. The Morgan fingerprint density at radius 3 is 2.76 bits per heavy atom. The third-order valence-electron chi connectivity index (χ3n) is 5.65. The molecule has 0 fully saturated rings. The van der Waals surface area contributed by atoms with E-state index in [1.807, 2.05) is 60.1 Å². The summed E-state index contributed by atoms with van der Waals surface area (Å²) in [6.45, 7) is 2.57. The number of carbonyl (C=O) groups is 2. The maximum atomic E-state index is 13.6. The van der Waals surface area contributed by atoms with Crippen LogP contribution in [-0.2, 0) is 11.3 Å². The number of amides is 2. The third kappa shape index (κ3) is 3.85. The number of thiophene rings is 1. The molecule has 4 aromatic rings. The molecule has 168 valence electrons. The average molecular weight is 481 g/mol. The predicted molar refractivity (Wildman–Crippen MR) is 130 cm³/mol. The highest BCUT2D eigenvalue weighted by atomic mass is 35.5. The minimum Gasteiger partial charge on any atom is -0.477 e. The molecule has 0 bridgehead atoms. The largest absolute Gasteiger partial charge is 0.477 e. The summed E-state index contributed by atoms with van der Waals surface area (Å²) in [5.41, 5.74) is 2.45. The average Bonchev–Trinajstić information content (AvgIpc) is 3.40. The van der Waals surface area contributed by atoms with Gasteiger partial charge < -0.3 is 10.1 Å². The number of benzene rings is 2. The van der Waals surface area contributed by atoms with Crippen LogP contribution in [0, 0.1) is 6.92 Å². The Morgan fingerprint density at radius 1 is 1.21 bits per heavy atom. The lowest BCUT2D eigenvalue weighted by atomic mass is 10.1. The first-order valence-corrected chi connectivity index (χ1v) is 11.6. The molecular weight excluding hydrogens is 460 g/mol. The molecule has 1 aliphatic rings. The van der Waals surface area contributed by atoms with E-state index in [0.717, 1.165) is 21.5 Å². The van der Waals surface area contributed by atoms with Gasteiger partial charge in [-0.2, -0.15) is 5.10 Å². The van der Waals surface area contributed by atoms with Crippen LogP contribution in [0.4, 0.5) is 5.69 Å². The predicted octanol–water partition coefficient (Wildman–Crippen LogP) is 4.26. The summed E-state index contributed by atoms with van der Waals surface area (Å²) in [6.07, 6.45) is -0.777. The first kappa shape index (κ1) is 21.5. The number of nitrogens with zero attached hydrogens (tertiary/aromatic N) is 3. The number of anilines is 1. The fourth-order valence-electron chi connectivity index (χ4n) is 3.97. The van der Waals surface area contributed by atoms with Gasteiger partial charge in [0.15, 0.2) is 6.10 Å². The van der Waals surface area contributed by atoms with Crippen molar-refractivity contribution in [1.82, 2.24) is 15.1 Å². The molecule has 1 unspecified atom stereocenters. The fraction of sp³-hybridized carbons (Fsp3) is 0.208. The van der Waals surface area contributed by atoms with Crippen molar-refractivity contribution in [2.75, 3.05) is 18.5 Å². The van der Waals surface area contributed by atoms with Crippen molar-refractivity contribution < 1.29 is 14.3 Å². The molecule has 0 spiro atoms. The van der Waals surface area contributed by atoms with Crippen LogP contribution in [-0.4, -0.2) is 41.3 Å². The zero-order valence-corrected chi connectivity index (χ0v) is 19.6. The van der Waals surface area contributed by atoms with Gasteiger partial charge in [0, 0.05) is 17.5 Å². The van der Waals surface area contributed by atoms with E-state index >= 15 is 0 Å². The van der Waals surface area contributed by atoms with Crippen LogP contribution in [0.1, 0.15) is 20.9 Å². The van der Waals surface area contributed by atoms with E-state index in [1.165, 1.54) is 11.3 Å². The second-order valence-electron chi connectivity index (χ2n) is 7.77. The van der Waals surface area contributed by atoms with E-state index in [1.54, 1.807) is 18.0 Å². The lowest BCUT2D eigenvalue weighted by Crippen LogP contribution is -2.50. The number of halogens is 1. The van der Waals surface area contributed by atoms with Gasteiger partial charge in [-0.1, -0.05) is 41.9 Å². The summed E-state index contributed by atoms with van der Waals surface area (Å²) in [5, 5.41) is 8.86. The molecule has 0 aliphatic carbocycles. The first-order valence-electron chi connectivity index (χ1n) is 10.5. The van der Waals surface area contributed by atoms with E-state index in [0.29, 0.717) is 27.9 Å². The summed E-state index contributed by atoms with van der Waals surface area (Å²) in [7, 11) is 1.55. The summed E-state index contributed by atoms with van der Waals surface area (Å²) < 4.78 is 7.71. The number of likely N-dealkylation sites (N-methyl/N-ethyl adjacent to an activating group) is 1. The summed E-state index contributed by atoms with van der Waals surface area (Å²) >= 11 is 7.73. The zero-order valence-electron chi connectivity index (χ0n) is 18.0. The molecule has 0 radical (unpaired) electrons. The highest BCUT2D eigenvalue weighted by molar-refractivity contribution is 7.20. The van der Waals surface area contributed by atoms with Crippen LogP contribution in [0.2, 0.25) is 5.02 Å². The maximum absolute atomic E-state index is 13.6. The van der Waals surface area contributed by atoms with Crippen molar-refractivity contribution in [3.63, 3.8) is 0 Å². The van der Waals surface area contributed by atoms with Gasteiger partial charge in [-0.15, -0.1) is 11.3 Å². The van der Waals surface area contributed by atoms with Gasteiger partial charge in [0.05, 0.1) is 29.3 Å². The van der Waals surface area contributed by atoms with Gasteiger partial charge in [-0.3, -0.25) is 19.2 Å². The summed E-state index contributed by atoms with van der Waals surface area (Å²) in [5.74, 6) is 0.0577. The van der Waals surface area contributed by atoms with Crippen molar-refractivity contribution in [1.29, 1.82) is 0 Å². The quantitative estimate of drug-likeness (QED) is 0.473. The molecule has 3 heterocycles. The number of carbonyl (C=O) groups excluding carboxylic acids is 2.